The second kappa shape index (κ2) is 9.48. The predicted octanol–water partition coefficient (Wildman–Crippen LogP) is 3.16. The summed E-state index contributed by atoms with van der Waals surface area (Å²) >= 11 is 0. The van der Waals surface area contributed by atoms with Crippen LogP contribution < -0.4 is 5.32 Å². The van der Waals surface area contributed by atoms with Crippen LogP contribution >= 0.6 is 0 Å². The predicted molar refractivity (Wildman–Crippen MR) is 110 cm³/mol. The molecule has 0 spiro atoms. The Labute approximate surface area is 175 Å². The highest BCUT2D eigenvalue weighted by atomic mass is 32.2. The molecule has 0 fully saturated rings. The van der Waals surface area contributed by atoms with Gasteiger partial charge >= 0.3 is 6.18 Å². The summed E-state index contributed by atoms with van der Waals surface area (Å²) in [6.45, 7) is 0.782. The van der Waals surface area contributed by atoms with E-state index in [2.05, 4.69) is 10.3 Å². The molecule has 0 aliphatic heterocycles. The molecule has 2 aromatic rings. The zero-order valence-corrected chi connectivity index (χ0v) is 18.0. The Morgan fingerprint density at radius 1 is 0.967 bits per heavy atom. The van der Waals surface area contributed by atoms with Gasteiger partial charge in [-0.05, 0) is 35.4 Å². The number of nitrogens with one attached hydrogen (secondary N) is 1. The van der Waals surface area contributed by atoms with E-state index in [9.17, 15) is 21.6 Å². The lowest BCUT2D eigenvalue weighted by Crippen LogP contribution is -2.38. The highest BCUT2D eigenvalue weighted by Gasteiger charge is 2.30. The Bertz CT molecular complexity index is 971. The summed E-state index contributed by atoms with van der Waals surface area (Å²) in [5.74, 6) is 0.555. The smallest absolute Gasteiger partial charge is 0.352 e. The van der Waals surface area contributed by atoms with Gasteiger partial charge in [-0.25, -0.2) is 12.7 Å². The Hall–Kier alpha value is -2.59. The summed E-state index contributed by atoms with van der Waals surface area (Å²) in [6.07, 6.45) is -4.36. The quantitative estimate of drug-likeness (QED) is 0.551. The van der Waals surface area contributed by atoms with Gasteiger partial charge in [-0.2, -0.15) is 13.2 Å². The number of hydrogen-bond donors (Lipinski definition) is 1. The molecule has 0 radical (unpaired) electrons. The lowest BCUT2D eigenvalue weighted by Gasteiger charge is -2.22. The maximum absolute atomic E-state index is 12.7. The zero-order chi connectivity index (χ0) is 22.5. The molecule has 30 heavy (non-hydrogen) atoms. The van der Waals surface area contributed by atoms with Crippen LogP contribution in [0.5, 0.6) is 0 Å². The fraction of sp³-hybridized carbons (Fsp3) is 0.350. The third-order valence-corrected chi connectivity index (χ3v) is 6.26. The molecule has 0 amide bonds. The number of aliphatic imine (C=N–C) groups is 1. The van der Waals surface area contributed by atoms with Gasteiger partial charge in [-0.1, -0.05) is 24.3 Å². The van der Waals surface area contributed by atoms with E-state index < -0.39 is 21.8 Å². The van der Waals surface area contributed by atoms with Crippen molar-refractivity contribution in [1.29, 1.82) is 0 Å². The molecule has 0 atom stereocenters. The van der Waals surface area contributed by atoms with E-state index in [1.807, 2.05) is 0 Å². The molecule has 0 unspecified atom stereocenters. The van der Waals surface area contributed by atoms with Crippen molar-refractivity contribution >= 4 is 16.0 Å². The average Bonchev–Trinajstić information content (AvgIpc) is 2.68. The summed E-state index contributed by atoms with van der Waals surface area (Å²) < 4.78 is 63.4. The molecule has 0 aromatic heterocycles. The van der Waals surface area contributed by atoms with Crippen molar-refractivity contribution in [3.63, 3.8) is 0 Å². The molecule has 164 valence electrons. The minimum absolute atomic E-state index is 0.208. The Kier molecular flexibility index (Phi) is 7.49. The van der Waals surface area contributed by atoms with Crippen LogP contribution in [0.3, 0.4) is 0 Å². The molecule has 0 bridgehead atoms. The lowest BCUT2D eigenvalue weighted by molar-refractivity contribution is -0.137. The van der Waals surface area contributed by atoms with E-state index in [1.165, 1.54) is 26.2 Å². The van der Waals surface area contributed by atoms with Gasteiger partial charge in [-0.15, -0.1) is 0 Å². The third kappa shape index (κ3) is 5.96. The fourth-order valence-corrected chi connectivity index (χ4v) is 3.61. The largest absolute Gasteiger partial charge is 0.416 e. The highest BCUT2D eigenvalue weighted by molar-refractivity contribution is 7.89. The van der Waals surface area contributed by atoms with E-state index in [0.717, 1.165) is 22.0 Å². The first-order valence-electron chi connectivity index (χ1n) is 9.04. The van der Waals surface area contributed by atoms with E-state index in [0.29, 0.717) is 24.6 Å². The molecule has 0 heterocycles. The highest BCUT2D eigenvalue weighted by Crippen LogP contribution is 2.29. The second-order valence-electron chi connectivity index (χ2n) is 6.88. The molecule has 2 rings (SSSR count). The minimum atomic E-state index is -4.36. The first-order valence-corrected chi connectivity index (χ1v) is 10.5. The Balaban J connectivity index is 1.98. The fourth-order valence-electron chi connectivity index (χ4n) is 2.70. The first kappa shape index (κ1) is 23.7. The Morgan fingerprint density at radius 3 is 1.97 bits per heavy atom. The van der Waals surface area contributed by atoms with Crippen molar-refractivity contribution in [2.75, 3.05) is 28.2 Å². The molecule has 0 aliphatic rings. The van der Waals surface area contributed by atoms with Gasteiger partial charge in [0, 0.05) is 41.3 Å². The number of alkyl halides is 3. The van der Waals surface area contributed by atoms with Gasteiger partial charge in [-0.3, -0.25) is 4.99 Å². The number of nitrogens with zero attached hydrogens (tertiary/aromatic N) is 3. The summed E-state index contributed by atoms with van der Waals surface area (Å²) in [6, 6.07) is 11.5. The maximum Gasteiger partial charge on any atom is 0.416 e. The van der Waals surface area contributed by atoms with Crippen LogP contribution in [0, 0.1) is 0 Å². The van der Waals surface area contributed by atoms with Crippen molar-refractivity contribution in [3.8, 4) is 0 Å². The zero-order valence-electron chi connectivity index (χ0n) is 17.2. The van der Waals surface area contributed by atoms with Gasteiger partial charge < -0.3 is 10.2 Å². The van der Waals surface area contributed by atoms with Crippen molar-refractivity contribution in [1.82, 2.24) is 14.5 Å². The van der Waals surface area contributed by atoms with Crippen molar-refractivity contribution in [2.45, 2.75) is 24.2 Å². The van der Waals surface area contributed by atoms with Crippen molar-refractivity contribution < 1.29 is 21.6 Å². The number of hydrogen-bond acceptors (Lipinski definition) is 3. The van der Waals surface area contributed by atoms with Gasteiger partial charge in [0.1, 0.15) is 0 Å². The first-order chi connectivity index (χ1) is 13.9. The van der Waals surface area contributed by atoms with Crippen molar-refractivity contribution in [2.24, 2.45) is 4.99 Å². The molecular weight excluding hydrogens is 417 g/mol. The Morgan fingerprint density at radius 2 is 1.50 bits per heavy atom. The van der Waals surface area contributed by atoms with Crippen molar-refractivity contribution in [3.05, 3.63) is 65.2 Å². The monoisotopic (exact) mass is 442 g/mol. The topological polar surface area (TPSA) is 65.0 Å². The van der Waals surface area contributed by atoms with Crippen LogP contribution in [0.4, 0.5) is 13.2 Å². The summed E-state index contributed by atoms with van der Waals surface area (Å²) in [4.78, 5) is 6.18. The molecule has 2 aromatic carbocycles. The summed E-state index contributed by atoms with van der Waals surface area (Å²) in [5, 5.41) is 3.16. The average molecular weight is 443 g/mol. The van der Waals surface area contributed by atoms with Gasteiger partial charge in [0.15, 0.2) is 5.96 Å². The SMILES string of the molecule is CN=C(NCc1ccc(S(=O)(=O)N(C)C)cc1)N(C)Cc1ccc(C(F)(F)F)cc1. The second-order valence-corrected chi connectivity index (χ2v) is 9.03. The summed E-state index contributed by atoms with van der Waals surface area (Å²) in [5.41, 5.74) is 0.889. The number of benzene rings is 2. The maximum atomic E-state index is 12.7. The van der Waals surface area contributed by atoms with Crippen LogP contribution in [-0.4, -0.2) is 51.8 Å². The molecule has 1 N–H and O–H groups in total. The number of sulfonamides is 1. The lowest BCUT2D eigenvalue weighted by atomic mass is 10.1. The van der Waals surface area contributed by atoms with Gasteiger partial charge in [0.05, 0.1) is 10.5 Å². The van der Waals surface area contributed by atoms with Crippen LogP contribution in [0.15, 0.2) is 58.4 Å². The van der Waals surface area contributed by atoms with Crippen LogP contribution in [0.25, 0.3) is 0 Å². The van der Waals surface area contributed by atoms with E-state index >= 15 is 0 Å². The normalized spacial score (nSPS) is 12.9. The summed E-state index contributed by atoms with van der Waals surface area (Å²) in [7, 11) is 2.85. The number of guanidine groups is 1. The minimum Gasteiger partial charge on any atom is -0.352 e. The molecule has 0 saturated carbocycles. The van der Waals surface area contributed by atoms with Gasteiger partial charge in [0.25, 0.3) is 0 Å². The standard InChI is InChI=1S/C20H25F3N4O2S/c1-24-19(27(4)14-16-5-9-17(10-6-16)20(21,22)23)25-13-15-7-11-18(12-8-15)30(28,29)26(2)3/h5-12H,13-14H2,1-4H3,(H,24,25). The van der Waals surface area contributed by atoms with E-state index in [4.69, 9.17) is 0 Å². The molecule has 10 heteroatoms. The van der Waals surface area contributed by atoms with Crippen LogP contribution in [0.2, 0.25) is 0 Å². The van der Waals surface area contributed by atoms with Gasteiger partial charge in [0.2, 0.25) is 10.0 Å². The number of rotatable bonds is 6. The van der Waals surface area contributed by atoms with Crippen LogP contribution in [0.1, 0.15) is 16.7 Å². The number of halogens is 3. The molecule has 0 aliphatic carbocycles. The third-order valence-electron chi connectivity index (χ3n) is 4.43. The molecular formula is C20H25F3N4O2S. The van der Waals surface area contributed by atoms with E-state index in [1.54, 1.807) is 43.3 Å². The van der Waals surface area contributed by atoms with E-state index in [-0.39, 0.29) is 4.90 Å². The molecule has 6 nitrogen and oxygen atoms in total. The van der Waals surface area contributed by atoms with Crippen LogP contribution in [-0.2, 0) is 29.3 Å². The molecule has 0 saturated heterocycles.